The molecule has 2 nitrogen and oxygen atoms in total. The molecule has 2 rings (SSSR count). The average molecular weight is 293 g/mol. The third kappa shape index (κ3) is 4.08. The third-order valence-electron chi connectivity index (χ3n) is 3.29. The number of aromatic nitrogens is 1. The van der Waals surface area contributed by atoms with Gasteiger partial charge in [0.05, 0.1) is 0 Å². The highest BCUT2D eigenvalue weighted by molar-refractivity contribution is 6.29. The van der Waals surface area contributed by atoms with E-state index in [0.717, 1.165) is 25.6 Å². The van der Waals surface area contributed by atoms with E-state index in [9.17, 15) is 13.2 Å². The first kappa shape index (κ1) is 14.6. The van der Waals surface area contributed by atoms with Crippen LogP contribution in [0.2, 0.25) is 5.15 Å². The second-order valence-corrected chi connectivity index (χ2v) is 5.55. The van der Waals surface area contributed by atoms with Crippen LogP contribution in [0.1, 0.15) is 31.0 Å². The summed E-state index contributed by atoms with van der Waals surface area (Å²) >= 11 is 5.67. The fourth-order valence-electron chi connectivity index (χ4n) is 2.47. The van der Waals surface area contributed by atoms with Gasteiger partial charge in [-0.05, 0) is 43.0 Å². The maximum Gasteiger partial charge on any atom is 0.433 e. The topological polar surface area (TPSA) is 16.1 Å². The SMILES string of the molecule is C[C@H]1CCCN(Cc2cc(Cl)nc(C(F)(F)F)c2)C1. The monoisotopic (exact) mass is 292 g/mol. The molecule has 19 heavy (non-hydrogen) atoms. The summed E-state index contributed by atoms with van der Waals surface area (Å²) in [6.45, 7) is 4.50. The highest BCUT2D eigenvalue weighted by atomic mass is 35.5. The summed E-state index contributed by atoms with van der Waals surface area (Å²) in [5.41, 5.74) is -0.346. The predicted octanol–water partition coefficient (Wildman–Crippen LogP) is 3.99. The Bertz CT molecular complexity index is 448. The van der Waals surface area contributed by atoms with Crippen molar-refractivity contribution in [1.29, 1.82) is 0 Å². The molecule has 0 unspecified atom stereocenters. The third-order valence-corrected chi connectivity index (χ3v) is 3.49. The van der Waals surface area contributed by atoms with Gasteiger partial charge in [-0.2, -0.15) is 13.2 Å². The lowest BCUT2D eigenvalue weighted by atomic mass is 10.00. The van der Waals surface area contributed by atoms with Crippen molar-refractivity contribution in [2.45, 2.75) is 32.5 Å². The fraction of sp³-hybridized carbons (Fsp3) is 0.615. The van der Waals surface area contributed by atoms with Gasteiger partial charge in [0, 0.05) is 13.1 Å². The number of hydrogen-bond acceptors (Lipinski definition) is 2. The van der Waals surface area contributed by atoms with Crippen molar-refractivity contribution in [3.8, 4) is 0 Å². The summed E-state index contributed by atoms with van der Waals surface area (Å²) in [4.78, 5) is 5.50. The van der Waals surface area contributed by atoms with Crippen LogP contribution in [-0.2, 0) is 12.7 Å². The summed E-state index contributed by atoms with van der Waals surface area (Å²) in [5.74, 6) is 0.591. The molecule has 6 heteroatoms. The number of hydrogen-bond donors (Lipinski definition) is 0. The second-order valence-electron chi connectivity index (χ2n) is 5.16. The van der Waals surface area contributed by atoms with E-state index < -0.39 is 11.9 Å². The number of piperidine rings is 1. The van der Waals surface area contributed by atoms with Gasteiger partial charge in [0.15, 0.2) is 0 Å². The van der Waals surface area contributed by atoms with Crippen LogP contribution in [-0.4, -0.2) is 23.0 Å². The van der Waals surface area contributed by atoms with Gasteiger partial charge < -0.3 is 0 Å². The van der Waals surface area contributed by atoms with E-state index in [0.29, 0.717) is 18.0 Å². The van der Waals surface area contributed by atoms with Crippen LogP contribution in [0.4, 0.5) is 13.2 Å². The Kier molecular flexibility index (Phi) is 4.36. The van der Waals surface area contributed by atoms with Crippen molar-refractivity contribution < 1.29 is 13.2 Å². The van der Waals surface area contributed by atoms with E-state index in [2.05, 4.69) is 16.8 Å². The molecule has 1 atom stereocenters. The number of likely N-dealkylation sites (tertiary alicyclic amines) is 1. The Hall–Kier alpha value is -0.810. The van der Waals surface area contributed by atoms with Crippen molar-refractivity contribution in [2.75, 3.05) is 13.1 Å². The van der Waals surface area contributed by atoms with Gasteiger partial charge in [-0.15, -0.1) is 0 Å². The molecule has 0 spiro atoms. The zero-order chi connectivity index (χ0) is 14.0. The van der Waals surface area contributed by atoms with E-state index in [1.165, 1.54) is 12.5 Å². The maximum atomic E-state index is 12.7. The molecule has 1 saturated heterocycles. The molecule has 0 aromatic carbocycles. The molecule has 1 fully saturated rings. The zero-order valence-electron chi connectivity index (χ0n) is 10.7. The number of alkyl halides is 3. The summed E-state index contributed by atoms with van der Waals surface area (Å²) in [6, 6.07) is 2.60. The molecule has 0 amide bonds. The Labute approximate surface area is 115 Å². The Morgan fingerprint density at radius 3 is 2.79 bits per heavy atom. The average Bonchev–Trinajstić information content (AvgIpc) is 2.26. The van der Waals surface area contributed by atoms with Crippen molar-refractivity contribution in [3.63, 3.8) is 0 Å². The molecular formula is C13H16ClF3N2. The highest BCUT2D eigenvalue weighted by Crippen LogP contribution is 2.30. The van der Waals surface area contributed by atoms with Crippen LogP contribution >= 0.6 is 11.6 Å². The van der Waals surface area contributed by atoms with Gasteiger partial charge >= 0.3 is 6.18 Å². The van der Waals surface area contributed by atoms with Crippen molar-refractivity contribution in [3.05, 3.63) is 28.5 Å². The number of pyridine rings is 1. The summed E-state index contributed by atoms with van der Waals surface area (Å²) in [7, 11) is 0. The van der Waals surface area contributed by atoms with E-state index in [4.69, 9.17) is 11.6 Å². The standard InChI is InChI=1S/C13H16ClF3N2/c1-9-3-2-4-19(7-9)8-10-5-11(13(15,16)17)18-12(14)6-10/h5-6,9H,2-4,7-8H2,1H3/t9-/m0/s1. The van der Waals surface area contributed by atoms with E-state index in [1.807, 2.05) is 0 Å². The van der Waals surface area contributed by atoms with Crippen LogP contribution in [0.3, 0.4) is 0 Å². The zero-order valence-corrected chi connectivity index (χ0v) is 11.4. The largest absolute Gasteiger partial charge is 0.433 e. The predicted molar refractivity (Wildman–Crippen MR) is 67.9 cm³/mol. The molecule has 1 aliphatic rings. The van der Waals surface area contributed by atoms with Gasteiger partial charge in [-0.1, -0.05) is 18.5 Å². The summed E-state index contributed by atoms with van der Waals surface area (Å²) < 4.78 is 38.0. The highest BCUT2D eigenvalue weighted by Gasteiger charge is 2.33. The summed E-state index contributed by atoms with van der Waals surface area (Å²) in [6.07, 6.45) is -2.18. The van der Waals surface area contributed by atoms with E-state index >= 15 is 0 Å². The first-order valence-electron chi connectivity index (χ1n) is 6.30. The van der Waals surface area contributed by atoms with Gasteiger partial charge in [-0.25, -0.2) is 4.98 Å². The van der Waals surface area contributed by atoms with Crippen molar-refractivity contribution in [1.82, 2.24) is 9.88 Å². The molecule has 2 heterocycles. The Balaban J connectivity index is 2.14. The molecule has 106 valence electrons. The normalized spacial score (nSPS) is 21.6. The molecule has 1 aliphatic heterocycles. The number of nitrogens with zero attached hydrogens (tertiary/aromatic N) is 2. The molecule has 0 aliphatic carbocycles. The van der Waals surface area contributed by atoms with Crippen LogP contribution in [0.5, 0.6) is 0 Å². The summed E-state index contributed by atoms with van der Waals surface area (Å²) in [5, 5.41) is -0.102. The Morgan fingerprint density at radius 1 is 1.42 bits per heavy atom. The first-order valence-corrected chi connectivity index (χ1v) is 6.68. The molecule has 1 aromatic heterocycles. The molecule has 0 radical (unpaired) electrons. The number of halogens is 4. The lowest BCUT2D eigenvalue weighted by Gasteiger charge is -2.30. The lowest BCUT2D eigenvalue weighted by Crippen LogP contribution is -2.33. The second kappa shape index (κ2) is 5.67. The van der Waals surface area contributed by atoms with Gasteiger partial charge in [0.1, 0.15) is 10.8 Å². The minimum Gasteiger partial charge on any atom is -0.299 e. The van der Waals surface area contributed by atoms with Crippen LogP contribution in [0.15, 0.2) is 12.1 Å². The van der Waals surface area contributed by atoms with Crippen LogP contribution in [0, 0.1) is 5.92 Å². The molecule has 0 saturated carbocycles. The van der Waals surface area contributed by atoms with Crippen LogP contribution < -0.4 is 0 Å². The molecular weight excluding hydrogens is 277 g/mol. The Morgan fingerprint density at radius 2 is 2.16 bits per heavy atom. The molecule has 1 aromatic rings. The smallest absolute Gasteiger partial charge is 0.299 e. The van der Waals surface area contributed by atoms with Gasteiger partial charge in [0.2, 0.25) is 0 Å². The molecule has 0 N–H and O–H groups in total. The van der Waals surface area contributed by atoms with Crippen LogP contribution in [0.25, 0.3) is 0 Å². The first-order chi connectivity index (χ1) is 8.84. The molecule has 0 bridgehead atoms. The van der Waals surface area contributed by atoms with E-state index in [-0.39, 0.29) is 5.15 Å². The van der Waals surface area contributed by atoms with Gasteiger partial charge in [0.25, 0.3) is 0 Å². The van der Waals surface area contributed by atoms with Gasteiger partial charge in [-0.3, -0.25) is 4.90 Å². The lowest BCUT2D eigenvalue weighted by molar-refractivity contribution is -0.141. The minimum atomic E-state index is -4.45. The van der Waals surface area contributed by atoms with Crippen molar-refractivity contribution in [2.24, 2.45) is 5.92 Å². The maximum absolute atomic E-state index is 12.7. The van der Waals surface area contributed by atoms with Crippen molar-refractivity contribution >= 4 is 11.6 Å². The van der Waals surface area contributed by atoms with E-state index in [1.54, 1.807) is 0 Å². The minimum absolute atomic E-state index is 0.102. The quantitative estimate of drug-likeness (QED) is 0.766. The number of rotatable bonds is 2. The fourth-order valence-corrected chi connectivity index (χ4v) is 2.71.